The van der Waals surface area contributed by atoms with Crippen molar-refractivity contribution in [2.75, 3.05) is 13.1 Å². The highest BCUT2D eigenvalue weighted by Crippen LogP contribution is 2.26. The van der Waals surface area contributed by atoms with E-state index in [9.17, 15) is 14.4 Å². The van der Waals surface area contributed by atoms with E-state index in [1.165, 1.54) is 25.1 Å². The zero-order valence-corrected chi connectivity index (χ0v) is 17.4. The van der Waals surface area contributed by atoms with Gasteiger partial charge in [-0.15, -0.1) is 0 Å². The van der Waals surface area contributed by atoms with Gasteiger partial charge in [0.2, 0.25) is 5.91 Å². The van der Waals surface area contributed by atoms with E-state index < -0.39 is 65.2 Å². The molecule has 0 heterocycles. The molecule has 0 saturated heterocycles. The number of rotatable bonds is 11. The number of carbonyl (C=O) groups excluding carboxylic acids is 3. The van der Waals surface area contributed by atoms with Crippen molar-refractivity contribution in [2.45, 2.75) is 38.1 Å². The molecule has 0 aliphatic carbocycles. The minimum atomic E-state index is -0.871. The van der Waals surface area contributed by atoms with Gasteiger partial charge >= 0.3 is 0 Å². The van der Waals surface area contributed by atoms with Crippen molar-refractivity contribution < 1.29 is 21.2 Å². The fourth-order valence-corrected chi connectivity index (χ4v) is 3.04. The molecule has 0 radical (unpaired) electrons. The van der Waals surface area contributed by atoms with Crippen molar-refractivity contribution in [1.29, 1.82) is 0 Å². The molecule has 1 unspecified atom stereocenters. The van der Waals surface area contributed by atoms with E-state index in [4.69, 9.17) is 29.9 Å². The Morgan fingerprint density at radius 1 is 1.17 bits per heavy atom. The summed E-state index contributed by atoms with van der Waals surface area (Å²) in [6, 6.07) is 0.239. The monoisotopic (exact) mass is 434 g/mol. The van der Waals surface area contributed by atoms with Crippen molar-refractivity contribution in [3.63, 3.8) is 0 Å². The minimum Gasteiger partial charge on any atom is -0.348 e. The first-order valence-corrected chi connectivity index (χ1v) is 9.97. The van der Waals surface area contributed by atoms with Crippen LogP contribution in [0.3, 0.4) is 0 Å². The Bertz CT molecular complexity index is 1120. The lowest BCUT2D eigenvalue weighted by Crippen LogP contribution is -2.43. The zero-order chi connectivity index (χ0) is 26.4. The number of amides is 1. The maximum atomic E-state index is 13.4. The van der Waals surface area contributed by atoms with Crippen LogP contribution >= 0.6 is 11.6 Å². The number of ketones is 2. The molecule has 0 spiro atoms. The van der Waals surface area contributed by atoms with Gasteiger partial charge in [0.1, 0.15) is 0 Å². The Morgan fingerprint density at radius 3 is 2.53 bits per heavy atom. The summed E-state index contributed by atoms with van der Waals surface area (Å²) in [5, 5.41) is 2.67. The summed E-state index contributed by atoms with van der Waals surface area (Å²) in [5.74, 6) is -2.62. The highest BCUT2D eigenvalue weighted by Gasteiger charge is 2.23. The van der Waals surface area contributed by atoms with Crippen LogP contribution in [0.4, 0.5) is 0 Å². The molecule has 5 N–H and O–H groups in total. The molecule has 0 aliphatic heterocycles. The summed E-state index contributed by atoms with van der Waals surface area (Å²) in [5.41, 5.74) is 10.9. The molecule has 0 fully saturated rings. The van der Waals surface area contributed by atoms with Crippen LogP contribution in [-0.2, 0) is 9.59 Å². The average Bonchev–Trinajstić information content (AvgIpc) is 2.84. The van der Waals surface area contributed by atoms with Crippen LogP contribution in [0.1, 0.15) is 60.4 Å². The first-order valence-electron chi connectivity index (χ1n) is 12.1. The van der Waals surface area contributed by atoms with Gasteiger partial charge in [-0.2, -0.15) is 0 Å². The van der Waals surface area contributed by atoms with Crippen LogP contribution in [-0.4, -0.2) is 36.6 Å². The number of Topliss-reactive ketones (excluding diaryl/α,β-unsaturated/α-hetero) is 1. The molecule has 0 aliphatic rings. The molecule has 0 saturated carbocycles. The molecule has 2 aromatic rings. The second-order valence-electron chi connectivity index (χ2n) is 6.86. The number of benzene rings is 2. The molecule has 2 atom stereocenters. The highest BCUT2D eigenvalue weighted by atomic mass is 35.5. The minimum absolute atomic E-state index is 0.0679. The topological polar surface area (TPSA) is 115 Å². The van der Waals surface area contributed by atoms with Crippen molar-refractivity contribution in [2.24, 2.45) is 11.5 Å². The molecule has 6 nitrogen and oxygen atoms in total. The van der Waals surface area contributed by atoms with Gasteiger partial charge in [-0.1, -0.05) is 61.2 Å². The Labute approximate surface area is 189 Å². The Morgan fingerprint density at radius 2 is 1.87 bits per heavy atom. The number of hydrogen-bond donors (Lipinski definition) is 3. The van der Waals surface area contributed by atoms with Crippen LogP contribution in [0.25, 0.3) is 0 Å². The molecule has 1 amide bonds. The van der Waals surface area contributed by atoms with E-state index in [0.717, 1.165) is 6.42 Å². The molecule has 0 bridgehead atoms. The van der Waals surface area contributed by atoms with Crippen LogP contribution in [0.2, 0.25) is 5.02 Å². The number of nitrogens with two attached hydrogens (primary N) is 2. The summed E-state index contributed by atoms with van der Waals surface area (Å²) in [6.07, 6.45) is 1.85. The second-order valence-corrected chi connectivity index (χ2v) is 7.29. The molecule has 2 rings (SSSR count). The molecule has 7 heteroatoms. The number of unbranched alkanes of at least 4 members (excludes halogenated alkanes) is 1. The number of halogens is 1. The summed E-state index contributed by atoms with van der Waals surface area (Å²) in [6.45, 7) is 1.71. The van der Waals surface area contributed by atoms with Gasteiger partial charge in [0.05, 0.1) is 19.4 Å². The molecule has 30 heavy (non-hydrogen) atoms. The van der Waals surface area contributed by atoms with E-state index in [-0.39, 0.29) is 22.7 Å². The van der Waals surface area contributed by atoms with Crippen LogP contribution in [0, 0.1) is 0 Å². The fourth-order valence-electron chi connectivity index (χ4n) is 2.87. The van der Waals surface area contributed by atoms with Crippen molar-refractivity contribution in [1.82, 2.24) is 5.32 Å². The average molecular weight is 435 g/mol. The van der Waals surface area contributed by atoms with Gasteiger partial charge in [0.15, 0.2) is 11.6 Å². The van der Waals surface area contributed by atoms with E-state index in [1.54, 1.807) is 0 Å². The van der Waals surface area contributed by atoms with Gasteiger partial charge in [0.25, 0.3) is 0 Å². The first-order chi connectivity index (χ1) is 16.4. The number of hydrogen-bond acceptors (Lipinski definition) is 5. The van der Waals surface area contributed by atoms with Crippen LogP contribution < -0.4 is 16.8 Å². The Hall–Kier alpha value is -2.54. The summed E-state index contributed by atoms with van der Waals surface area (Å²) < 4.78 is 39.5. The fraction of sp³-hybridized carbons (Fsp3) is 0.348. The summed E-state index contributed by atoms with van der Waals surface area (Å²) in [7, 11) is 0. The lowest BCUT2D eigenvalue weighted by Gasteiger charge is -2.17. The van der Waals surface area contributed by atoms with Crippen molar-refractivity contribution >= 4 is 29.1 Å². The Balaban J connectivity index is 2.31. The highest BCUT2D eigenvalue weighted by molar-refractivity contribution is 6.31. The molecule has 0 aromatic heterocycles. The van der Waals surface area contributed by atoms with Gasteiger partial charge in [-0.05, 0) is 37.1 Å². The van der Waals surface area contributed by atoms with Crippen molar-refractivity contribution in [3.05, 3.63) is 70.1 Å². The first kappa shape index (κ1) is 17.2. The van der Waals surface area contributed by atoms with Gasteiger partial charge in [0, 0.05) is 22.1 Å². The second kappa shape index (κ2) is 11.6. The molecular weight excluding hydrogens is 402 g/mol. The third-order valence-electron chi connectivity index (χ3n) is 4.68. The Kier molecular flexibility index (Phi) is 6.64. The third kappa shape index (κ3) is 6.49. The van der Waals surface area contributed by atoms with Gasteiger partial charge < -0.3 is 16.8 Å². The number of carbonyl (C=O) groups is 3. The summed E-state index contributed by atoms with van der Waals surface area (Å²) in [4.78, 5) is 38.4. The smallest absolute Gasteiger partial charge is 0.237 e. The predicted octanol–water partition coefficient (Wildman–Crippen LogP) is 2.82. The molecule has 2 aromatic carbocycles. The maximum Gasteiger partial charge on any atom is 0.237 e. The lowest BCUT2D eigenvalue weighted by atomic mass is 9.88. The van der Waals surface area contributed by atoms with Gasteiger partial charge in [-0.3, -0.25) is 14.4 Å². The SMILES string of the molecule is [2H]c1c([2H])c([2H])c(C(=O)c2cc(Cl)ccc2C(C)C(=O)CNC(=O)[C@@H](N)CCCCN)c([2H])c1[2H]. The van der Waals surface area contributed by atoms with Crippen LogP contribution in [0.5, 0.6) is 0 Å². The standard InChI is InChI=1S/C23H28ClN3O3/c1-15(21(28)14-27-23(30)20(26)9-5-6-12-25)18-11-10-17(24)13-19(18)22(29)16-7-3-2-4-8-16/h2-4,7-8,10-11,13,15,20H,5-6,9,12,14,25-26H2,1H3,(H,27,30)/t15?,20-/m0/s1/i2D,3D,4D,7D,8D. The third-order valence-corrected chi connectivity index (χ3v) is 4.91. The van der Waals surface area contributed by atoms with E-state index in [0.29, 0.717) is 19.4 Å². The van der Waals surface area contributed by atoms with E-state index in [2.05, 4.69) is 5.32 Å². The normalized spacial score (nSPS) is 15.1. The summed E-state index contributed by atoms with van der Waals surface area (Å²) >= 11 is 6.08. The number of nitrogens with one attached hydrogen (secondary N) is 1. The zero-order valence-electron chi connectivity index (χ0n) is 21.7. The largest absolute Gasteiger partial charge is 0.348 e. The van der Waals surface area contributed by atoms with Crippen LogP contribution in [0.15, 0.2) is 48.4 Å². The van der Waals surface area contributed by atoms with Crippen molar-refractivity contribution in [3.8, 4) is 0 Å². The maximum absolute atomic E-state index is 13.4. The predicted molar refractivity (Wildman–Crippen MR) is 119 cm³/mol. The van der Waals surface area contributed by atoms with E-state index in [1.807, 2.05) is 0 Å². The van der Waals surface area contributed by atoms with Gasteiger partial charge in [-0.25, -0.2) is 0 Å². The quantitative estimate of drug-likeness (QED) is 0.371. The molecular formula is C23H28ClN3O3. The van der Waals surface area contributed by atoms with E-state index >= 15 is 0 Å². The lowest BCUT2D eigenvalue weighted by molar-refractivity contribution is -0.126. The molecule has 160 valence electrons.